The number of carbonyl (C=O) groups is 1. The number of hydrogen-bond donors (Lipinski definition) is 2. The summed E-state index contributed by atoms with van der Waals surface area (Å²) in [6, 6.07) is 6.19. The fourth-order valence-electron chi connectivity index (χ4n) is 2.49. The first kappa shape index (κ1) is 13.9. The summed E-state index contributed by atoms with van der Waals surface area (Å²) in [4.78, 5) is 12.0. The Morgan fingerprint density at radius 1 is 1.58 bits per heavy atom. The first-order chi connectivity index (χ1) is 9.15. The third-order valence-electron chi connectivity index (χ3n) is 3.78. The van der Waals surface area contributed by atoms with Crippen molar-refractivity contribution in [3.8, 4) is 5.75 Å². The normalized spacial score (nSPS) is 19.4. The molecule has 1 amide bonds. The molecule has 104 valence electrons. The molecule has 0 aliphatic heterocycles. The molecule has 0 saturated heterocycles. The zero-order chi connectivity index (χ0) is 13.8. The van der Waals surface area contributed by atoms with Gasteiger partial charge in [0.15, 0.2) is 0 Å². The van der Waals surface area contributed by atoms with E-state index in [-0.39, 0.29) is 17.9 Å². The van der Waals surface area contributed by atoms with Crippen molar-refractivity contribution in [3.63, 3.8) is 0 Å². The minimum Gasteiger partial charge on any atom is -0.497 e. The summed E-state index contributed by atoms with van der Waals surface area (Å²) < 4.78 is 5.25. The highest BCUT2D eigenvalue weighted by Gasteiger charge is 2.23. The Hall–Kier alpha value is -1.55. The largest absolute Gasteiger partial charge is 0.497 e. The third kappa shape index (κ3) is 3.07. The van der Waals surface area contributed by atoms with Crippen LogP contribution in [0.15, 0.2) is 18.2 Å². The van der Waals surface area contributed by atoms with E-state index in [0.29, 0.717) is 6.54 Å². The number of benzene rings is 1. The third-order valence-corrected chi connectivity index (χ3v) is 3.78. The van der Waals surface area contributed by atoms with E-state index in [1.165, 1.54) is 11.1 Å². The van der Waals surface area contributed by atoms with Gasteiger partial charge in [0.05, 0.1) is 13.2 Å². The monoisotopic (exact) mass is 262 g/mol. The lowest BCUT2D eigenvalue weighted by Gasteiger charge is -2.27. The van der Waals surface area contributed by atoms with Crippen molar-refractivity contribution in [1.29, 1.82) is 0 Å². The summed E-state index contributed by atoms with van der Waals surface area (Å²) in [5.74, 6) is 0.779. The molecule has 0 saturated carbocycles. The number of rotatable bonds is 4. The molecule has 2 unspecified atom stereocenters. The molecule has 1 aliphatic rings. The molecule has 1 aromatic carbocycles. The Kier molecular flexibility index (Phi) is 4.43. The molecule has 4 heteroatoms. The molecule has 1 aliphatic carbocycles. The van der Waals surface area contributed by atoms with E-state index >= 15 is 0 Å². The van der Waals surface area contributed by atoms with Gasteiger partial charge in [0.1, 0.15) is 5.75 Å². The first-order valence-corrected chi connectivity index (χ1v) is 6.83. The number of carbonyl (C=O) groups excluding carboxylic acids is 1. The number of aryl methyl sites for hydroxylation is 1. The maximum absolute atomic E-state index is 12.0. The molecule has 1 aromatic rings. The summed E-state index contributed by atoms with van der Waals surface area (Å²) in [5.41, 5.74) is 8.02. The van der Waals surface area contributed by atoms with Gasteiger partial charge in [-0.1, -0.05) is 13.0 Å². The predicted octanol–water partition coefficient (Wildman–Crippen LogP) is 1.78. The van der Waals surface area contributed by atoms with Crippen LogP contribution in [0.25, 0.3) is 0 Å². The van der Waals surface area contributed by atoms with Gasteiger partial charge >= 0.3 is 0 Å². The summed E-state index contributed by atoms with van der Waals surface area (Å²) in [5, 5.41) is 3.10. The topological polar surface area (TPSA) is 64.3 Å². The molecule has 0 radical (unpaired) electrons. The van der Waals surface area contributed by atoms with Crippen LogP contribution in [-0.2, 0) is 11.2 Å². The van der Waals surface area contributed by atoms with Crippen molar-refractivity contribution in [1.82, 2.24) is 5.32 Å². The molecule has 0 fully saturated rings. The Balaban J connectivity index is 2.16. The van der Waals surface area contributed by atoms with Crippen LogP contribution in [0.5, 0.6) is 5.75 Å². The van der Waals surface area contributed by atoms with Crippen LogP contribution in [0, 0.1) is 5.92 Å². The van der Waals surface area contributed by atoms with Gasteiger partial charge in [-0.3, -0.25) is 4.79 Å². The molecule has 0 aromatic heterocycles. The van der Waals surface area contributed by atoms with E-state index in [4.69, 9.17) is 10.5 Å². The number of ether oxygens (including phenoxy) is 1. The second-order valence-corrected chi connectivity index (χ2v) is 5.15. The quantitative estimate of drug-likeness (QED) is 0.869. The standard InChI is InChI=1S/C15H22N2O2/c1-10(9-16)15(18)17-14-5-3-4-11-8-12(19-2)6-7-13(11)14/h6-8,10,14H,3-5,9,16H2,1-2H3,(H,17,18). The number of hydrogen-bond acceptors (Lipinski definition) is 3. The zero-order valence-corrected chi connectivity index (χ0v) is 11.6. The second kappa shape index (κ2) is 6.06. The summed E-state index contributed by atoms with van der Waals surface area (Å²) in [6.07, 6.45) is 3.12. The molecular weight excluding hydrogens is 240 g/mol. The molecule has 19 heavy (non-hydrogen) atoms. The van der Waals surface area contributed by atoms with E-state index in [1.54, 1.807) is 7.11 Å². The van der Waals surface area contributed by atoms with Crippen LogP contribution < -0.4 is 15.8 Å². The number of fused-ring (bicyclic) bond motifs is 1. The second-order valence-electron chi connectivity index (χ2n) is 5.15. The molecule has 3 N–H and O–H groups in total. The smallest absolute Gasteiger partial charge is 0.224 e. The Bertz CT molecular complexity index is 459. The van der Waals surface area contributed by atoms with E-state index in [2.05, 4.69) is 17.4 Å². The van der Waals surface area contributed by atoms with E-state index < -0.39 is 0 Å². The van der Waals surface area contributed by atoms with E-state index in [0.717, 1.165) is 25.0 Å². The van der Waals surface area contributed by atoms with Crippen LogP contribution in [0.4, 0.5) is 0 Å². The average Bonchev–Trinajstić information content (AvgIpc) is 2.45. The van der Waals surface area contributed by atoms with Crippen molar-refractivity contribution in [2.24, 2.45) is 11.7 Å². The highest BCUT2D eigenvalue weighted by atomic mass is 16.5. The molecule has 4 nitrogen and oxygen atoms in total. The fraction of sp³-hybridized carbons (Fsp3) is 0.533. The van der Waals surface area contributed by atoms with Crippen molar-refractivity contribution in [2.45, 2.75) is 32.2 Å². The van der Waals surface area contributed by atoms with Crippen LogP contribution >= 0.6 is 0 Å². The summed E-state index contributed by atoms with van der Waals surface area (Å²) in [7, 11) is 1.67. The minimum absolute atomic E-state index is 0.0381. The highest BCUT2D eigenvalue weighted by Crippen LogP contribution is 2.32. The van der Waals surface area contributed by atoms with Gasteiger partial charge in [-0.25, -0.2) is 0 Å². The van der Waals surface area contributed by atoms with Gasteiger partial charge < -0.3 is 15.8 Å². The van der Waals surface area contributed by atoms with Gasteiger partial charge in [-0.2, -0.15) is 0 Å². The lowest BCUT2D eigenvalue weighted by atomic mass is 9.87. The number of amides is 1. The van der Waals surface area contributed by atoms with Gasteiger partial charge in [-0.15, -0.1) is 0 Å². The molecule has 0 bridgehead atoms. The number of methoxy groups -OCH3 is 1. The van der Waals surface area contributed by atoms with E-state index in [1.807, 2.05) is 13.0 Å². The highest BCUT2D eigenvalue weighted by molar-refractivity contribution is 5.79. The Labute approximate surface area is 114 Å². The van der Waals surface area contributed by atoms with Crippen molar-refractivity contribution < 1.29 is 9.53 Å². The first-order valence-electron chi connectivity index (χ1n) is 6.83. The number of nitrogens with two attached hydrogens (primary N) is 1. The van der Waals surface area contributed by atoms with Crippen molar-refractivity contribution >= 4 is 5.91 Å². The average molecular weight is 262 g/mol. The van der Waals surface area contributed by atoms with Crippen LogP contribution in [0.1, 0.15) is 36.9 Å². The van der Waals surface area contributed by atoms with Crippen molar-refractivity contribution in [3.05, 3.63) is 29.3 Å². The molecule has 0 spiro atoms. The molecular formula is C15H22N2O2. The van der Waals surface area contributed by atoms with Gasteiger partial charge in [0.2, 0.25) is 5.91 Å². The molecule has 2 rings (SSSR count). The van der Waals surface area contributed by atoms with Crippen LogP contribution in [0.2, 0.25) is 0 Å². The summed E-state index contributed by atoms with van der Waals surface area (Å²) in [6.45, 7) is 2.24. The van der Waals surface area contributed by atoms with Gasteiger partial charge in [0.25, 0.3) is 0 Å². The molecule has 0 heterocycles. The maximum atomic E-state index is 12.0. The summed E-state index contributed by atoms with van der Waals surface area (Å²) >= 11 is 0. The molecule has 2 atom stereocenters. The lowest BCUT2D eigenvalue weighted by molar-refractivity contribution is -0.125. The van der Waals surface area contributed by atoms with Crippen molar-refractivity contribution in [2.75, 3.05) is 13.7 Å². The van der Waals surface area contributed by atoms with Gasteiger partial charge in [-0.05, 0) is 42.5 Å². The Morgan fingerprint density at radius 3 is 3.05 bits per heavy atom. The maximum Gasteiger partial charge on any atom is 0.224 e. The van der Waals surface area contributed by atoms with Gasteiger partial charge in [0, 0.05) is 12.5 Å². The minimum atomic E-state index is -0.136. The fourth-order valence-corrected chi connectivity index (χ4v) is 2.49. The predicted molar refractivity (Wildman–Crippen MR) is 75.0 cm³/mol. The lowest BCUT2D eigenvalue weighted by Crippen LogP contribution is -2.37. The van der Waals surface area contributed by atoms with Crippen LogP contribution in [0.3, 0.4) is 0 Å². The zero-order valence-electron chi connectivity index (χ0n) is 11.6. The SMILES string of the molecule is COc1ccc2c(c1)CCCC2NC(=O)C(C)CN. The Morgan fingerprint density at radius 2 is 2.37 bits per heavy atom. The van der Waals surface area contributed by atoms with Crippen LogP contribution in [-0.4, -0.2) is 19.6 Å². The van der Waals surface area contributed by atoms with E-state index in [9.17, 15) is 4.79 Å². The number of nitrogens with one attached hydrogen (secondary N) is 1.